The Morgan fingerprint density at radius 1 is 1.08 bits per heavy atom. The highest BCUT2D eigenvalue weighted by molar-refractivity contribution is 5.57. The highest BCUT2D eigenvalue weighted by Gasteiger charge is 2.22. The quantitative estimate of drug-likeness (QED) is 0.716. The lowest BCUT2D eigenvalue weighted by Crippen LogP contribution is -2.23. The molecule has 0 saturated heterocycles. The van der Waals surface area contributed by atoms with Crippen LogP contribution in [-0.2, 0) is 11.8 Å². The van der Waals surface area contributed by atoms with E-state index in [9.17, 15) is 0 Å². The van der Waals surface area contributed by atoms with Crippen LogP contribution in [0.15, 0.2) is 36.4 Å². The highest BCUT2D eigenvalue weighted by Crippen LogP contribution is 2.27. The number of hydrogen-bond donors (Lipinski definition) is 1. The van der Waals surface area contributed by atoms with E-state index in [0.717, 1.165) is 49.8 Å². The zero-order valence-electron chi connectivity index (χ0n) is 15.7. The van der Waals surface area contributed by atoms with Crippen molar-refractivity contribution < 1.29 is 0 Å². The molecular formula is C20H26N6. The van der Waals surface area contributed by atoms with E-state index in [4.69, 9.17) is 0 Å². The van der Waals surface area contributed by atoms with Gasteiger partial charge in [0, 0.05) is 30.7 Å². The van der Waals surface area contributed by atoms with Gasteiger partial charge in [0.05, 0.1) is 0 Å². The van der Waals surface area contributed by atoms with Crippen molar-refractivity contribution >= 4 is 17.2 Å². The van der Waals surface area contributed by atoms with E-state index in [-0.39, 0.29) is 5.41 Å². The second kappa shape index (κ2) is 6.59. The van der Waals surface area contributed by atoms with E-state index in [1.807, 2.05) is 16.6 Å². The smallest absolute Gasteiger partial charge is 0.178 e. The van der Waals surface area contributed by atoms with Crippen molar-refractivity contribution in [1.82, 2.24) is 19.8 Å². The molecule has 0 aliphatic carbocycles. The van der Waals surface area contributed by atoms with Crippen LogP contribution >= 0.6 is 0 Å². The molecular weight excluding hydrogens is 324 g/mol. The largest absolute Gasteiger partial charge is 0.371 e. The maximum absolute atomic E-state index is 4.67. The summed E-state index contributed by atoms with van der Waals surface area (Å²) in [6.07, 6.45) is 2.23. The minimum atomic E-state index is -0.0891. The Bertz CT molecular complexity index is 908. The Morgan fingerprint density at radius 3 is 2.77 bits per heavy atom. The summed E-state index contributed by atoms with van der Waals surface area (Å²) < 4.78 is 1.85. The van der Waals surface area contributed by atoms with Gasteiger partial charge in [-0.25, -0.2) is 0 Å². The number of hydrogen-bond acceptors (Lipinski definition) is 5. The zero-order valence-corrected chi connectivity index (χ0v) is 15.7. The van der Waals surface area contributed by atoms with Crippen molar-refractivity contribution in [2.75, 3.05) is 29.9 Å². The van der Waals surface area contributed by atoms with Gasteiger partial charge >= 0.3 is 0 Å². The topological polar surface area (TPSA) is 58.4 Å². The van der Waals surface area contributed by atoms with Gasteiger partial charge in [-0.05, 0) is 36.6 Å². The Balaban J connectivity index is 1.37. The third kappa shape index (κ3) is 3.23. The number of para-hydroxylation sites is 1. The van der Waals surface area contributed by atoms with Crippen molar-refractivity contribution in [1.29, 1.82) is 0 Å². The molecule has 3 heterocycles. The van der Waals surface area contributed by atoms with Gasteiger partial charge in [0.1, 0.15) is 5.82 Å². The SMILES string of the molecule is CC(C)(C)c1nnc2ccc(NCCCN3CCc4ccccc43)nn12. The van der Waals surface area contributed by atoms with Crippen LogP contribution in [0, 0.1) is 0 Å². The number of nitrogens with zero attached hydrogens (tertiary/aromatic N) is 5. The predicted octanol–water partition coefficient (Wildman–Crippen LogP) is 3.29. The normalized spacial score (nSPS) is 14.0. The van der Waals surface area contributed by atoms with Crippen LogP contribution in [0.1, 0.15) is 38.6 Å². The summed E-state index contributed by atoms with van der Waals surface area (Å²) in [6, 6.07) is 12.7. The number of fused-ring (bicyclic) bond motifs is 2. The average Bonchev–Trinajstić information content (AvgIpc) is 3.22. The molecule has 0 atom stereocenters. The predicted molar refractivity (Wildman–Crippen MR) is 105 cm³/mol. The van der Waals surface area contributed by atoms with E-state index in [0.29, 0.717) is 0 Å². The molecule has 26 heavy (non-hydrogen) atoms. The molecule has 0 spiro atoms. The summed E-state index contributed by atoms with van der Waals surface area (Å²) in [5.74, 6) is 1.74. The molecule has 1 aromatic carbocycles. The Hall–Kier alpha value is -2.63. The van der Waals surface area contributed by atoms with Gasteiger partial charge in [0.15, 0.2) is 11.5 Å². The van der Waals surface area contributed by atoms with Crippen LogP contribution in [0.4, 0.5) is 11.5 Å². The summed E-state index contributed by atoms with van der Waals surface area (Å²) in [7, 11) is 0. The number of benzene rings is 1. The fourth-order valence-electron chi connectivity index (χ4n) is 3.48. The molecule has 1 aliphatic heterocycles. The van der Waals surface area contributed by atoms with Crippen LogP contribution in [0.25, 0.3) is 5.65 Å². The first-order chi connectivity index (χ1) is 12.5. The van der Waals surface area contributed by atoms with E-state index in [2.05, 4.69) is 70.5 Å². The molecule has 0 amide bonds. The summed E-state index contributed by atoms with van der Waals surface area (Å²) in [5, 5.41) is 16.6. The molecule has 1 N–H and O–H groups in total. The molecule has 6 nitrogen and oxygen atoms in total. The number of aromatic nitrogens is 4. The molecule has 136 valence electrons. The molecule has 3 aromatic rings. The van der Waals surface area contributed by atoms with Crippen molar-refractivity contribution in [2.24, 2.45) is 0 Å². The van der Waals surface area contributed by atoms with Gasteiger partial charge in [-0.15, -0.1) is 15.3 Å². The standard InChI is InChI=1S/C20H26N6/c1-20(2,3)19-23-22-18-10-9-17(24-26(18)19)21-12-6-13-25-14-11-15-7-4-5-8-16(15)25/h4-5,7-10H,6,11-14H2,1-3H3,(H,21,24). The molecule has 1 aliphatic rings. The number of anilines is 2. The van der Waals surface area contributed by atoms with E-state index in [1.165, 1.54) is 11.3 Å². The van der Waals surface area contributed by atoms with Crippen LogP contribution < -0.4 is 10.2 Å². The summed E-state index contributed by atoms with van der Waals surface area (Å²) in [6.45, 7) is 9.45. The minimum absolute atomic E-state index is 0.0891. The lowest BCUT2D eigenvalue weighted by molar-refractivity contribution is 0.527. The van der Waals surface area contributed by atoms with Gasteiger partial charge < -0.3 is 10.2 Å². The highest BCUT2D eigenvalue weighted by atomic mass is 15.4. The van der Waals surface area contributed by atoms with Crippen LogP contribution in [-0.4, -0.2) is 39.4 Å². The fourth-order valence-corrected chi connectivity index (χ4v) is 3.48. The third-order valence-electron chi connectivity index (χ3n) is 4.83. The second-order valence-electron chi connectivity index (χ2n) is 7.91. The second-order valence-corrected chi connectivity index (χ2v) is 7.91. The van der Waals surface area contributed by atoms with Gasteiger partial charge in [0.25, 0.3) is 0 Å². The molecule has 0 bridgehead atoms. The zero-order chi connectivity index (χ0) is 18.1. The molecule has 0 fully saturated rings. The maximum atomic E-state index is 4.67. The van der Waals surface area contributed by atoms with E-state index < -0.39 is 0 Å². The molecule has 6 heteroatoms. The first kappa shape index (κ1) is 16.8. The first-order valence-electron chi connectivity index (χ1n) is 9.32. The van der Waals surface area contributed by atoms with Crippen molar-refractivity contribution in [2.45, 2.75) is 39.0 Å². The third-order valence-corrected chi connectivity index (χ3v) is 4.83. The maximum Gasteiger partial charge on any atom is 0.178 e. The van der Waals surface area contributed by atoms with E-state index in [1.54, 1.807) is 0 Å². The number of rotatable bonds is 5. The van der Waals surface area contributed by atoms with Gasteiger partial charge in [-0.1, -0.05) is 39.0 Å². The minimum Gasteiger partial charge on any atom is -0.371 e. The lowest BCUT2D eigenvalue weighted by atomic mass is 9.96. The summed E-state index contributed by atoms with van der Waals surface area (Å²) >= 11 is 0. The van der Waals surface area contributed by atoms with Crippen LogP contribution in [0.2, 0.25) is 0 Å². The summed E-state index contributed by atoms with van der Waals surface area (Å²) in [5.41, 5.74) is 3.56. The lowest BCUT2D eigenvalue weighted by Gasteiger charge is -2.19. The molecule has 0 radical (unpaired) electrons. The Morgan fingerprint density at radius 2 is 1.92 bits per heavy atom. The average molecular weight is 350 g/mol. The van der Waals surface area contributed by atoms with Gasteiger partial charge in [0.2, 0.25) is 0 Å². The molecule has 4 rings (SSSR count). The van der Waals surface area contributed by atoms with Crippen LogP contribution in [0.5, 0.6) is 0 Å². The fraction of sp³-hybridized carbons (Fsp3) is 0.450. The van der Waals surface area contributed by atoms with E-state index >= 15 is 0 Å². The van der Waals surface area contributed by atoms with Crippen molar-refractivity contribution in [3.8, 4) is 0 Å². The van der Waals surface area contributed by atoms with Crippen molar-refractivity contribution in [3.63, 3.8) is 0 Å². The van der Waals surface area contributed by atoms with Gasteiger partial charge in [-0.3, -0.25) is 0 Å². The Kier molecular flexibility index (Phi) is 4.26. The molecule has 2 aromatic heterocycles. The molecule has 0 saturated carbocycles. The number of nitrogens with one attached hydrogen (secondary N) is 1. The first-order valence-corrected chi connectivity index (χ1v) is 9.32. The Labute approximate surface area is 154 Å². The van der Waals surface area contributed by atoms with Crippen molar-refractivity contribution in [3.05, 3.63) is 47.8 Å². The van der Waals surface area contributed by atoms with Crippen LogP contribution in [0.3, 0.4) is 0 Å². The summed E-state index contributed by atoms with van der Waals surface area (Å²) in [4.78, 5) is 2.48. The monoisotopic (exact) mass is 350 g/mol. The molecule has 0 unspecified atom stereocenters. The van der Waals surface area contributed by atoms with Gasteiger partial charge in [-0.2, -0.15) is 4.52 Å².